The number of likely N-dealkylation sites (tertiary alicyclic amines) is 1. The van der Waals surface area contributed by atoms with Crippen LogP contribution in [0.2, 0.25) is 0 Å². The Morgan fingerprint density at radius 3 is 2.46 bits per heavy atom. The fourth-order valence-corrected chi connectivity index (χ4v) is 4.18. The van der Waals surface area contributed by atoms with Gasteiger partial charge in [0.15, 0.2) is 0 Å². The molecule has 1 aliphatic rings. The van der Waals surface area contributed by atoms with Crippen molar-refractivity contribution in [3.8, 4) is 6.07 Å². The Morgan fingerprint density at radius 2 is 1.86 bits per heavy atom. The maximum absolute atomic E-state index is 12.5. The van der Waals surface area contributed by atoms with E-state index in [4.69, 9.17) is 4.74 Å². The van der Waals surface area contributed by atoms with E-state index in [-0.39, 0.29) is 0 Å². The first kappa shape index (κ1) is 24.0. The Labute approximate surface area is 203 Å². The topological polar surface area (TPSA) is 133 Å². The van der Waals surface area contributed by atoms with Crippen molar-refractivity contribution in [2.45, 2.75) is 51.2 Å². The summed E-state index contributed by atoms with van der Waals surface area (Å²) in [6.07, 6.45) is -0.339. The van der Waals surface area contributed by atoms with Gasteiger partial charge in [-0.3, -0.25) is 0 Å². The number of hydrogen-bond acceptors (Lipinski definition) is 7. The second kappa shape index (κ2) is 9.25. The summed E-state index contributed by atoms with van der Waals surface area (Å²) in [6.45, 7) is 6.14. The predicted molar refractivity (Wildman–Crippen MR) is 129 cm³/mol. The molecule has 4 rings (SSSR count). The number of nitrogens with zero attached hydrogens (tertiary/aromatic N) is 5. The maximum atomic E-state index is 12.5. The fraction of sp³-hybridized carbons (Fsp3) is 0.400. The summed E-state index contributed by atoms with van der Waals surface area (Å²) in [4.78, 5) is 25.7. The van der Waals surface area contributed by atoms with E-state index in [1.54, 1.807) is 11.0 Å². The van der Waals surface area contributed by atoms with Crippen molar-refractivity contribution in [3.05, 3.63) is 53.6 Å². The van der Waals surface area contributed by atoms with Crippen LogP contribution in [-0.2, 0) is 11.2 Å². The van der Waals surface area contributed by atoms with Gasteiger partial charge in [-0.2, -0.15) is 5.26 Å². The molecule has 0 spiro atoms. The number of carbonyl (C=O) groups excluding carboxylic acids is 1. The summed E-state index contributed by atoms with van der Waals surface area (Å²) < 4.78 is 6.29. The third-order valence-corrected chi connectivity index (χ3v) is 5.97. The van der Waals surface area contributed by atoms with E-state index in [9.17, 15) is 20.0 Å². The highest BCUT2D eigenvalue weighted by Crippen LogP contribution is 2.34. The molecule has 2 N–H and O–H groups in total. The van der Waals surface area contributed by atoms with Crippen molar-refractivity contribution in [1.82, 2.24) is 19.9 Å². The van der Waals surface area contributed by atoms with E-state index < -0.39 is 23.3 Å². The monoisotopic (exact) mass is 476 g/mol. The molecule has 1 amide bonds. The van der Waals surface area contributed by atoms with Gasteiger partial charge in [0, 0.05) is 25.9 Å². The summed E-state index contributed by atoms with van der Waals surface area (Å²) >= 11 is 0. The second-order valence-electron chi connectivity index (χ2n) is 9.70. The quantitative estimate of drug-likeness (QED) is 0.571. The van der Waals surface area contributed by atoms with E-state index in [1.807, 2.05) is 57.2 Å². The molecule has 182 valence electrons. The van der Waals surface area contributed by atoms with Crippen LogP contribution in [0.1, 0.15) is 44.7 Å². The number of hydrogen-bond donors (Lipinski definition) is 2. The number of nitriles is 1. The first-order valence-corrected chi connectivity index (χ1v) is 11.4. The molecule has 1 fully saturated rings. The number of aromatic nitrogens is 3. The molecule has 10 heteroatoms. The highest BCUT2D eigenvalue weighted by atomic mass is 16.6. The smallest absolute Gasteiger partial charge is 0.434 e. The van der Waals surface area contributed by atoms with Gasteiger partial charge in [-0.1, -0.05) is 41.6 Å². The molecular formula is C25H28N6O4. The standard InChI is InChI=1S/C25H28N6O4/c1-24(2,3)35-23(34)30-13-11-25(16-26,12-14-30)27-20-18(15-17-7-5-4-6-8-17)9-10-19-21(20)28-29-31(19)22(32)33/h4-10,27H,11-15H2,1-3H3,(H,32,33). The first-order valence-electron chi connectivity index (χ1n) is 11.4. The Hall–Kier alpha value is -4.13. The number of nitrogens with one attached hydrogen (secondary N) is 1. The lowest BCUT2D eigenvalue weighted by molar-refractivity contribution is 0.0194. The molecule has 0 bridgehead atoms. The van der Waals surface area contributed by atoms with Gasteiger partial charge in [-0.25, -0.2) is 9.59 Å². The lowest BCUT2D eigenvalue weighted by Crippen LogP contribution is -2.51. The molecule has 2 heterocycles. The molecule has 2 aromatic carbocycles. The molecular weight excluding hydrogens is 448 g/mol. The van der Waals surface area contributed by atoms with Gasteiger partial charge < -0.3 is 20.1 Å². The van der Waals surface area contributed by atoms with Crippen LogP contribution in [0.25, 0.3) is 11.0 Å². The molecule has 0 saturated carbocycles. The zero-order valence-corrected chi connectivity index (χ0v) is 20.0. The van der Waals surface area contributed by atoms with Gasteiger partial charge in [0.1, 0.15) is 22.2 Å². The number of ether oxygens (including phenoxy) is 1. The number of piperidine rings is 1. The third kappa shape index (κ3) is 5.19. The molecule has 0 aliphatic carbocycles. The van der Waals surface area contributed by atoms with Crippen LogP contribution < -0.4 is 5.32 Å². The van der Waals surface area contributed by atoms with Gasteiger partial charge in [-0.05, 0) is 44.4 Å². The minimum atomic E-state index is -1.24. The second-order valence-corrected chi connectivity index (χ2v) is 9.70. The number of amides is 1. The first-order chi connectivity index (χ1) is 16.6. The highest BCUT2D eigenvalue weighted by Gasteiger charge is 2.38. The lowest BCUT2D eigenvalue weighted by Gasteiger charge is -2.39. The van der Waals surface area contributed by atoms with Crippen LogP contribution in [0.5, 0.6) is 0 Å². The number of anilines is 1. The third-order valence-electron chi connectivity index (χ3n) is 5.97. The molecule has 0 atom stereocenters. The molecule has 35 heavy (non-hydrogen) atoms. The molecule has 3 aromatic rings. The summed E-state index contributed by atoms with van der Waals surface area (Å²) in [5.74, 6) is 0. The minimum absolute atomic E-state index is 0.330. The molecule has 0 radical (unpaired) electrons. The molecule has 1 aromatic heterocycles. The van der Waals surface area contributed by atoms with Gasteiger partial charge >= 0.3 is 12.2 Å². The zero-order chi connectivity index (χ0) is 25.2. The fourth-order valence-electron chi connectivity index (χ4n) is 4.18. The van der Waals surface area contributed by atoms with E-state index in [0.29, 0.717) is 49.1 Å². The molecule has 0 unspecified atom stereocenters. The normalized spacial score (nSPS) is 15.4. The van der Waals surface area contributed by atoms with Gasteiger partial charge in [0.25, 0.3) is 0 Å². The zero-order valence-electron chi connectivity index (χ0n) is 20.0. The van der Waals surface area contributed by atoms with Crippen molar-refractivity contribution >= 4 is 28.9 Å². The Bertz CT molecular complexity index is 1280. The Morgan fingerprint density at radius 1 is 1.17 bits per heavy atom. The van der Waals surface area contributed by atoms with Gasteiger partial charge in [0.05, 0.1) is 11.8 Å². The molecule has 1 aliphatic heterocycles. The van der Waals surface area contributed by atoms with Crippen LogP contribution in [0, 0.1) is 11.3 Å². The number of benzene rings is 2. The van der Waals surface area contributed by atoms with Crippen LogP contribution in [0.3, 0.4) is 0 Å². The number of carboxylic acid groups (broad SMARTS) is 1. The summed E-state index contributed by atoms with van der Waals surface area (Å²) in [5, 5.41) is 31.0. The van der Waals surface area contributed by atoms with E-state index >= 15 is 0 Å². The molecule has 1 saturated heterocycles. The predicted octanol–water partition coefficient (Wildman–Crippen LogP) is 4.25. The number of fused-ring (bicyclic) bond motifs is 1. The van der Waals surface area contributed by atoms with Crippen LogP contribution in [0.15, 0.2) is 42.5 Å². The lowest BCUT2D eigenvalue weighted by atomic mass is 9.88. The van der Waals surface area contributed by atoms with E-state index in [1.165, 1.54) is 0 Å². The molecule has 10 nitrogen and oxygen atoms in total. The van der Waals surface area contributed by atoms with Crippen molar-refractivity contribution in [2.75, 3.05) is 18.4 Å². The minimum Gasteiger partial charge on any atom is -0.463 e. The van der Waals surface area contributed by atoms with Crippen LogP contribution >= 0.6 is 0 Å². The van der Waals surface area contributed by atoms with Crippen molar-refractivity contribution in [1.29, 1.82) is 5.26 Å². The number of carbonyl (C=O) groups is 2. The van der Waals surface area contributed by atoms with Crippen LogP contribution in [-0.4, -0.2) is 61.4 Å². The SMILES string of the molecule is CC(C)(C)OC(=O)N1CCC(C#N)(Nc2c(Cc3ccccc3)ccc3c2nnn3C(=O)O)CC1. The van der Waals surface area contributed by atoms with Gasteiger partial charge in [-0.15, -0.1) is 9.78 Å². The number of rotatable bonds is 4. The van der Waals surface area contributed by atoms with E-state index in [2.05, 4.69) is 21.7 Å². The Balaban J connectivity index is 1.66. The summed E-state index contributed by atoms with van der Waals surface area (Å²) in [5.41, 5.74) is 1.64. The average Bonchev–Trinajstić information content (AvgIpc) is 3.25. The van der Waals surface area contributed by atoms with Crippen molar-refractivity contribution in [3.63, 3.8) is 0 Å². The van der Waals surface area contributed by atoms with Gasteiger partial charge in [0.2, 0.25) is 0 Å². The Kier molecular flexibility index (Phi) is 6.35. The largest absolute Gasteiger partial charge is 0.463 e. The summed E-state index contributed by atoms with van der Waals surface area (Å²) in [6, 6.07) is 15.7. The van der Waals surface area contributed by atoms with E-state index in [0.717, 1.165) is 15.8 Å². The highest BCUT2D eigenvalue weighted by molar-refractivity contribution is 5.94. The van der Waals surface area contributed by atoms with Crippen molar-refractivity contribution in [2.24, 2.45) is 0 Å². The summed E-state index contributed by atoms with van der Waals surface area (Å²) in [7, 11) is 0. The van der Waals surface area contributed by atoms with Crippen LogP contribution in [0.4, 0.5) is 15.3 Å². The van der Waals surface area contributed by atoms with Crippen molar-refractivity contribution < 1.29 is 19.4 Å². The average molecular weight is 477 g/mol. The maximum Gasteiger partial charge on any atom is 0.434 e.